The van der Waals surface area contributed by atoms with Crippen LogP contribution in [0.15, 0.2) is 27.0 Å². The molecule has 1 aromatic rings. The maximum absolute atomic E-state index is 12.6. The van der Waals surface area contributed by atoms with Gasteiger partial charge in [0.25, 0.3) is 0 Å². The van der Waals surface area contributed by atoms with E-state index in [1.807, 2.05) is 0 Å². The Balaban J connectivity index is 3.05. The largest absolute Gasteiger partial charge is 0.467 e. The highest BCUT2D eigenvalue weighted by molar-refractivity contribution is 5.81. The maximum Gasteiger partial charge on any atom is 0.336 e. The number of methoxy groups -OCH3 is 1. The Labute approximate surface area is 176 Å². The molecule has 0 spiro atoms. The van der Waals surface area contributed by atoms with Gasteiger partial charge in [-0.1, -0.05) is 13.0 Å². The molecule has 13 heteroatoms. The molecule has 0 aromatic carbocycles. The molecule has 1 aromatic heterocycles. The van der Waals surface area contributed by atoms with Gasteiger partial charge in [0.1, 0.15) is 12.7 Å². The molecule has 0 fully saturated rings. The molecule has 3 N–H and O–H groups in total. The molecule has 13 nitrogen and oxygen atoms in total. The number of allylic oxidation sites excluding steroid dienone is 1. The van der Waals surface area contributed by atoms with Crippen molar-refractivity contribution in [2.45, 2.75) is 57.7 Å². The van der Waals surface area contributed by atoms with Gasteiger partial charge in [0.05, 0.1) is 39.3 Å². The van der Waals surface area contributed by atoms with Gasteiger partial charge >= 0.3 is 29.0 Å². The van der Waals surface area contributed by atoms with Crippen molar-refractivity contribution in [3.05, 3.63) is 44.1 Å². The van der Waals surface area contributed by atoms with Crippen LogP contribution in [-0.4, -0.2) is 73.0 Å². The number of aromatic nitrogens is 3. The zero-order valence-corrected chi connectivity index (χ0v) is 17.3. The van der Waals surface area contributed by atoms with Gasteiger partial charge in [-0.15, -0.1) is 6.58 Å². The second-order valence-corrected chi connectivity index (χ2v) is 6.61. The van der Waals surface area contributed by atoms with Crippen molar-refractivity contribution in [3.63, 3.8) is 0 Å². The Bertz CT molecular complexity index is 961. The zero-order valence-electron chi connectivity index (χ0n) is 17.3. The number of carbonyl (C=O) groups excluding carboxylic acids is 2. The highest BCUT2D eigenvalue weighted by Gasteiger charge is 2.22. The Morgan fingerprint density at radius 2 is 1.52 bits per heavy atom. The van der Waals surface area contributed by atoms with Gasteiger partial charge in [-0.25, -0.2) is 32.9 Å². The molecule has 0 aliphatic rings. The Kier molecular flexibility index (Phi) is 10.0. The van der Waals surface area contributed by atoms with Gasteiger partial charge in [-0.3, -0.25) is 4.79 Å². The summed E-state index contributed by atoms with van der Waals surface area (Å²) in [6, 6.07) is 0. The van der Waals surface area contributed by atoms with Crippen LogP contribution in [0.25, 0.3) is 0 Å². The van der Waals surface area contributed by atoms with Gasteiger partial charge in [-0.05, 0) is 6.42 Å². The lowest BCUT2D eigenvalue weighted by Gasteiger charge is -2.17. The maximum atomic E-state index is 12.6. The van der Waals surface area contributed by atoms with E-state index in [-0.39, 0.29) is 19.5 Å². The zero-order chi connectivity index (χ0) is 23.7. The predicted molar refractivity (Wildman–Crippen MR) is 105 cm³/mol. The molecule has 0 bridgehead atoms. The summed E-state index contributed by atoms with van der Waals surface area (Å²) in [6.07, 6.45) is -3.47. The highest BCUT2D eigenvalue weighted by Crippen LogP contribution is 1.99. The summed E-state index contributed by atoms with van der Waals surface area (Å²) < 4.78 is 10.9. The number of nitrogens with zero attached hydrogens (tertiary/aromatic N) is 3. The lowest BCUT2D eigenvalue weighted by atomic mass is 10.2. The lowest BCUT2D eigenvalue weighted by molar-refractivity contribution is -0.159. The van der Waals surface area contributed by atoms with Crippen LogP contribution in [0.4, 0.5) is 0 Å². The van der Waals surface area contributed by atoms with E-state index in [1.54, 1.807) is 6.92 Å². The van der Waals surface area contributed by atoms with E-state index in [0.717, 1.165) is 7.11 Å². The van der Waals surface area contributed by atoms with E-state index in [2.05, 4.69) is 11.3 Å². The molecule has 3 unspecified atom stereocenters. The second-order valence-electron chi connectivity index (χ2n) is 6.61. The van der Waals surface area contributed by atoms with Crippen molar-refractivity contribution in [3.8, 4) is 0 Å². The quantitative estimate of drug-likeness (QED) is 0.221. The number of ether oxygens (including phenoxy) is 2. The Morgan fingerprint density at radius 1 is 1.00 bits per heavy atom. The fourth-order valence-corrected chi connectivity index (χ4v) is 2.51. The van der Waals surface area contributed by atoms with Crippen LogP contribution in [0.2, 0.25) is 0 Å². The van der Waals surface area contributed by atoms with Crippen molar-refractivity contribution in [2.75, 3.05) is 13.7 Å². The van der Waals surface area contributed by atoms with Gasteiger partial charge in [0.2, 0.25) is 0 Å². The fraction of sp³-hybridized carbons (Fsp3) is 0.611. The smallest absolute Gasteiger partial charge is 0.336 e. The summed E-state index contributed by atoms with van der Waals surface area (Å²) in [5.74, 6) is -2.06. The SMILES string of the molecule is C=CCn1c(=O)n(CC(O)CC)c(=O)n(CC(O)COC(=O)CC(O)C(=O)OC)c1=O. The van der Waals surface area contributed by atoms with Crippen LogP contribution in [-0.2, 0) is 38.7 Å². The molecule has 1 rings (SSSR count). The Morgan fingerprint density at radius 3 is 2.00 bits per heavy atom. The van der Waals surface area contributed by atoms with Gasteiger partial charge in [0, 0.05) is 0 Å². The van der Waals surface area contributed by atoms with Crippen molar-refractivity contribution in [1.29, 1.82) is 0 Å². The minimum atomic E-state index is -1.74. The summed E-state index contributed by atoms with van der Waals surface area (Å²) in [6.45, 7) is 3.24. The summed E-state index contributed by atoms with van der Waals surface area (Å²) in [5.41, 5.74) is -2.99. The van der Waals surface area contributed by atoms with Crippen LogP contribution < -0.4 is 17.1 Å². The lowest BCUT2D eigenvalue weighted by Crippen LogP contribution is -2.56. The van der Waals surface area contributed by atoms with E-state index in [4.69, 9.17) is 4.74 Å². The van der Waals surface area contributed by atoms with Crippen LogP contribution >= 0.6 is 0 Å². The van der Waals surface area contributed by atoms with Gasteiger partial charge in [-0.2, -0.15) is 0 Å². The molecule has 0 saturated heterocycles. The minimum Gasteiger partial charge on any atom is -0.467 e. The van der Waals surface area contributed by atoms with E-state index in [0.29, 0.717) is 13.7 Å². The minimum absolute atomic E-state index is 0.212. The molecule has 0 aliphatic heterocycles. The van der Waals surface area contributed by atoms with Crippen LogP contribution in [0.5, 0.6) is 0 Å². The van der Waals surface area contributed by atoms with Crippen molar-refractivity contribution in [1.82, 2.24) is 13.7 Å². The van der Waals surface area contributed by atoms with E-state index in [1.165, 1.54) is 6.08 Å². The molecule has 0 amide bonds. The first-order valence-electron chi connectivity index (χ1n) is 9.40. The number of hydrogen-bond acceptors (Lipinski definition) is 10. The number of esters is 2. The van der Waals surface area contributed by atoms with Crippen molar-refractivity contribution >= 4 is 11.9 Å². The predicted octanol–water partition coefficient (Wildman–Crippen LogP) is -3.04. The monoisotopic (exact) mass is 445 g/mol. The second kappa shape index (κ2) is 12.0. The Hall–Kier alpha value is -3.03. The molecule has 0 saturated carbocycles. The third-order valence-electron chi connectivity index (χ3n) is 4.22. The highest BCUT2D eigenvalue weighted by atomic mass is 16.5. The number of hydrogen-bond donors (Lipinski definition) is 3. The normalized spacial score (nSPS) is 13.8. The van der Waals surface area contributed by atoms with Crippen LogP contribution in [0, 0.1) is 0 Å². The first-order chi connectivity index (χ1) is 14.6. The topological polar surface area (TPSA) is 179 Å². The standard InChI is InChI=1S/C18H27N3O10/c1-4-6-19-16(27)20(8-11(22)5-2)18(29)21(17(19)28)9-12(23)10-31-14(25)7-13(24)15(26)30-3/h4,11-13,22-24H,1,5-10H2,2-3H3. The summed E-state index contributed by atoms with van der Waals surface area (Å²) in [5, 5.41) is 29.3. The van der Waals surface area contributed by atoms with Crippen molar-refractivity contribution in [2.24, 2.45) is 0 Å². The molecular formula is C18H27N3O10. The fourth-order valence-electron chi connectivity index (χ4n) is 2.51. The van der Waals surface area contributed by atoms with Crippen LogP contribution in [0.3, 0.4) is 0 Å². The van der Waals surface area contributed by atoms with Crippen LogP contribution in [0.1, 0.15) is 19.8 Å². The average molecular weight is 445 g/mol. The van der Waals surface area contributed by atoms with E-state index < -0.39 is 66.9 Å². The molecular weight excluding hydrogens is 418 g/mol. The van der Waals surface area contributed by atoms with Gasteiger partial charge < -0.3 is 24.8 Å². The first-order valence-corrected chi connectivity index (χ1v) is 9.40. The molecule has 1 heterocycles. The summed E-state index contributed by atoms with van der Waals surface area (Å²) >= 11 is 0. The third kappa shape index (κ3) is 7.01. The molecule has 0 radical (unpaired) electrons. The average Bonchev–Trinajstić information content (AvgIpc) is 2.74. The van der Waals surface area contributed by atoms with E-state index in [9.17, 15) is 39.3 Å². The summed E-state index contributed by atoms with van der Waals surface area (Å²) in [4.78, 5) is 60.3. The number of carbonyl (C=O) groups is 2. The van der Waals surface area contributed by atoms with Crippen molar-refractivity contribution < 1.29 is 34.4 Å². The van der Waals surface area contributed by atoms with E-state index >= 15 is 0 Å². The van der Waals surface area contributed by atoms with Gasteiger partial charge in [0.15, 0.2) is 6.10 Å². The molecule has 3 atom stereocenters. The number of rotatable bonds is 12. The first kappa shape index (κ1) is 26.0. The number of aliphatic hydroxyl groups excluding tert-OH is 3. The number of aliphatic hydroxyl groups is 3. The molecule has 174 valence electrons. The summed E-state index contributed by atoms with van der Waals surface area (Å²) in [7, 11) is 1.02. The molecule has 0 aliphatic carbocycles. The third-order valence-corrected chi connectivity index (χ3v) is 4.22. The molecule has 31 heavy (non-hydrogen) atoms.